The first-order chi connectivity index (χ1) is 6.13. The number of carbonyl (C=O) groups is 2. The lowest BCUT2D eigenvalue weighted by Gasteiger charge is -2.06. The molecule has 5 heteroatoms. The summed E-state index contributed by atoms with van der Waals surface area (Å²) in [5.41, 5.74) is 0.291. The Morgan fingerprint density at radius 3 is 2.85 bits per heavy atom. The molecular formula is C8H8O5. The first kappa shape index (κ1) is 9.47. The zero-order valence-electron chi connectivity index (χ0n) is 6.82. The Kier molecular flexibility index (Phi) is 2.81. The van der Waals surface area contributed by atoms with E-state index in [4.69, 9.17) is 0 Å². The smallest absolute Gasteiger partial charge is 0.365 e. The van der Waals surface area contributed by atoms with Gasteiger partial charge in [-0.3, -0.25) is 4.89 Å². The predicted molar refractivity (Wildman–Crippen MR) is 41.0 cm³/mol. The number of rotatable bonds is 3. The first-order valence-electron chi connectivity index (χ1n) is 3.52. The van der Waals surface area contributed by atoms with Gasteiger partial charge in [0.05, 0.1) is 0 Å². The molecule has 0 amide bonds. The molecule has 1 aliphatic heterocycles. The molecule has 1 atom stereocenters. The van der Waals surface area contributed by atoms with E-state index in [1.807, 2.05) is 0 Å². The van der Waals surface area contributed by atoms with Gasteiger partial charge in [-0.2, -0.15) is 0 Å². The molecule has 0 aromatic rings. The van der Waals surface area contributed by atoms with Crippen molar-refractivity contribution in [3.63, 3.8) is 0 Å². The van der Waals surface area contributed by atoms with Gasteiger partial charge in [-0.25, -0.2) is 9.59 Å². The van der Waals surface area contributed by atoms with Crippen molar-refractivity contribution in [2.24, 2.45) is 0 Å². The molecular weight excluding hydrogens is 176 g/mol. The quantitative estimate of drug-likeness (QED) is 0.276. The molecule has 5 nitrogen and oxygen atoms in total. The lowest BCUT2D eigenvalue weighted by atomic mass is 10.2. The lowest BCUT2D eigenvalue weighted by Crippen LogP contribution is -2.14. The standard InChI is InChI=1S/C8H8O5/c1-3-6(9)12-13-7-4-5(2)8(10)11-7/h3,7H,1-2,4H2. The monoisotopic (exact) mass is 184 g/mol. The fraction of sp³-hybridized carbons (Fsp3) is 0.250. The lowest BCUT2D eigenvalue weighted by molar-refractivity contribution is -0.334. The number of hydrogen-bond donors (Lipinski definition) is 0. The minimum absolute atomic E-state index is 0.198. The van der Waals surface area contributed by atoms with Crippen LogP contribution in [-0.2, 0) is 24.1 Å². The van der Waals surface area contributed by atoms with Crippen LogP contribution in [0.15, 0.2) is 24.8 Å². The van der Waals surface area contributed by atoms with Crippen LogP contribution in [-0.4, -0.2) is 18.2 Å². The molecule has 1 rings (SSSR count). The largest absolute Gasteiger partial charge is 0.428 e. The Hall–Kier alpha value is -1.62. The van der Waals surface area contributed by atoms with Gasteiger partial charge in [0.2, 0.25) is 6.29 Å². The Morgan fingerprint density at radius 1 is 1.69 bits per heavy atom. The van der Waals surface area contributed by atoms with Crippen molar-refractivity contribution in [2.45, 2.75) is 12.7 Å². The molecule has 70 valence electrons. The number of hydrogen-bond acceptors (Lipinski definition) is 5. The fourth-order valence-corrected chi connectivity index (χ4v) is 0.718. The van der Waals surface area contributed by atoms with Crippen molar-refractivity contribution < 1.29 is 24.1 Å². The highest BCUT2D eigenvalue weighted by atomic mass is 17.2. The van der Waals surface area contributed by atoms with Crippen molar-refractivity contribution in [3.05, 3.63) is 24.8 Å². The number of ether oxygens (including phenoxy) is 1. The van der Waals surface area contributed by atoms with Crippen LogP contribution in [0.2, 0.25) is 0 Å². The molecule has 0 N–H and O–H groups in total. The van der Waals surface area contributed by atoms with E-state index in [0.29, 0.717) is 5.57 Å². The van der Waals surface area contributed by atoms with Gasteiger partial charge < -0.3 is 4.74 Å². The van der Waals surface area contributed by atoms with Gasteiger partial charge in [-0.15, -0.1) is 4.89 Å². The molecule has 0 aromatic carbocycles. The molecule has 1 saturated heterocycles. The van der Waals surface area contributed by atoms with Crippen LogP contribution in [0.25, 0.3) is 0 Å². The summed E-state index contributed by atoms with van der Waals surface area (Å²) in [5, 5.41) is 0. The van der Waals surface area contributed by atoms with Gasteiger partial charge in [0, 0.05) is 18.1 Å². The van der Waals surface area contributed by atoms with Gasteiger partial charge >= 0.3 is 11.9 Å². The third-order valence-electron chi connectivity index (χ3n) is 1.34. The van der Waals surface area contributed by atoms with Gasteiger partial charge in [-0.1, -0.05) is 13.2 Å². The third kappa shape index (κ3) is 2.41. The first-order valence-corrected chi connectivity index (χ1v) is 3.52. The molecule has 0 aromatic heterocycles. The van der Waals surface area contributed by atoms with Gasteiger partial charge in [0.1, 0.15) is 0 Å². The molecule has 1 aliphatic rings. The van der Waals surface area contributed by atoms with E-state index in [1.165, 1.54) is 0 Å². The minimum atomic E-state index is -0.885. The second-order valence-electron chi connectivity index (χ2n) is 2.35. The van der Waals surface area contributed by atoms with Crippen molar-refractivity contribution in [1.82, 2.24) is 0 Å². The molecule has 1 fully saturated rings. The van der Waals surface area contributed by atoms with Crippen molar-refractivity contribution in [3.8, 4) is 0 Å². The summed E-state index contributed by atoms with van der Waals surface area (Å²) in [6, 6.07) is 0. The summed E-state index contributed by atoms with van der Waals surface area (Å²) < 4.78 is 4.60. The van der Waals surface area contributed by atoms with Crippen LogP contribution < -0.4 is 0 Å². The van der Waals surface area contributed by atoms with Crippen LogP contribution in [0.5, 0.6) is 0 Å². The second kappa shape index (κ2) is 3.86. The minimum Gasteiger partial charge on any atom is -0.428 e. The Morgan fingerprint density at radius 2 is 2.38 bits per heavy atom. The maximum atomic E-state index is 10.7. The molecule has 0 bridgehead atoms. The average molecular weight is 184 g/mol. The van der Waals surface area contributed by atoms with Gasteiger partial charge in [0.15, 0.2) is 0 Å². The van der Waals surface area contributed by atoms with Crippen molar-refractivity contribution in [2.75, 3.05) is 0 Å². The summed E-state index contributed by atoms with van der Waals surface area (Å²) in [6.45, 7) is 6.57. The molecule has 0 radical (unpaired) electrons. The van der Waals surface area contributed by atoms with Crippen LogP contribution in [0.3, 0.4) is 0 Å². The SMILES string of the molecule is C=CC(=O)OOC1CC(=C)C(=O)O1. The zero-order chi connectivity index (χ0) is 9.84. The van der Waals surface area contributed by atoms with Crippen LogP contribution in [0.4, 0.5) is 0 Å². The summed E-state index contributed by atoms with van der Waals surface area (Å²) in [4.78, 5) is 29.9. The molecule has 1 unspecified atom stereocenters. The number of esters is 1. The Balaban J connectivity index is 2.32. The van der Waals surface area contributed by atoms with Gasteiger partial charge in [-0.05, 0) is 0 Å². The highest BCUT2D eigenvalue weighted by Gasteiger charge is 2.29. The van der Waals surface area contributed by atoms with Crippen molar-refractivity contribution >= 4 is 11.9 Å². The molecule has 0 spiro atoms. The summed E-state index contributed by atoms with van der Waals surface area (Å²) in [6.07, 6.45) is 0.249. The molecule has 0 aliphatic carbocycles. The number of cyclic esters (lactones) is 1. The second-order valence-corrected chi connectivity index (χ2v) is 2.35. The van der Waals surface area contributed by atoms with E-state index >= 15 is 0 Å². The molecule has 0 saturated carbocycles. The fourth-order valence-electron chi connectivity index (χ4n) is 0.718. The van der Waals surface area contributed by atoms with E-state index in [1.54, 1.807) is 0 Å². The zero-order valence-corrected chi connectivity index (χ0v) is 6.82. The van der Waals surface area contributed by atoms with Gasteiger partial charge in [0.25, 0.3) is 0 Å². The molecule has 13 heavy (non-hydrogen) atoms. The van der Waals surface area contributed by atoms with E-state index in [9.17, 15) is 9.59 Å². The Bertz CT molecular complexity index is 252. The van der Waals surface area contributed by atoms with Crippen LogP contribution in [0, 0.1) is 0 Å². The third-order valence-corrected chi connectivity index (χ3v) is 1.34. The van der Waals surface area contributed by atoms with Crippen LogP contribution >= 0.6 is 0 Å². The van der Waals surface area contributed by atoms with E-state index < -0.39 is 18.2 Å². The Labute approximate surface area is 74.5 Å². The van der Waals surface area contributed by atoms with Crippen LogP contribution in [0.1, 0.15) is 6.42 Å². The molecule has 1 heterocycles. The summed E-state index contributed by atoms with van der Waals surface area (Å²) >= 11 is 0. The maximum Gasteiger partial charge on any atom is 0.365 e. The summed E-state index contributed by atoms with van der Waals surface area (Å²) in [5.74, 6) is -1.28. The van der Waals surface area contributed by atoms with E-state index in [2.05, 4.69) is 27.7 Å². The highest BCUT2D eigenvalue weighted by molar-refractivity contribution is 5.89. The maximum absolute atomic E-state index is 10.7. The predicted octanol–water partition coefficient (Wildman–Crippen LogP) is 0.476. The average Bonchev–Trinajstić information content (AvgIpc) is 2.42. The number of carbonyl (C=O) groups excluding carboxylic acids is 2. The van der Waals surface area contributed by atoms with E-state index in [-0.39, 0.29) is 6.42 Å². The highest BCUT2D eigenvalue weighted by Crippen LogP contribution is 2.19. The topological polar surface area (TPSA) is 61.8 Å². The van der Waals surface area contributed by atoms with E-state index in [0.717, 1.165) is 6.08 Å². The normalized spacial score (nSPS) is 21.1. The van der Waals surface area contributed by atoms with Crippen molar-refractivity contribution in [1.29, 1.82) is 0 Å². The summed E-state index contributed by atoms with van der Waals surface area (Å²) in [7, 11) is 0.